The van der Waals surface area contributed by atoms with Crippen LogP contribution in [0.15, 0.2) is 186 Å². The normalized spacial score (nSPS) is 13.2. The minimum Gasteiger partial charge on any atom is -0.455 e. The third-order valence-electron chi connectivity index (χ3n) is 13.0. The Kier molecular flexibility index (Phi) is 7.00. The summed E-state index contributed by atoms with van der Waals surface area (Å²) in [5, 5.41) is 9.35. The Morgan fingerprint density at radius 2 is 1.08 bits per heavy atom. The van der Waals surface area contributed by atoms with Crippen molar-refractivity contribution in [2.24, 2.45) is 0 Å². The molecule has 286 valence electrons. The van der Waals surface area contributed by atoms with E-state index in [1.807, 2.05) is 54.6 Å². The molecule has 9 aromatic carbocycles. The van der Waals surface area contributed by atoms with Crippen molar-refractivity contribution in [3.05, 3.63) is 193 Å². The van der Waals surface area contributed by atoms with Crippen LogP contribution in [0.1, 0.15) is 25.0 Å². The molecule has 0 N–H and O–H groups in total. The van der Waals surface area contributed by atoms with Gasteiger partial charge >= 0.3 is 0 Å². The maximum Gasteiger partial charge on any atom is 0.167 e. The predicted molar refractivity (Wildman–Crippen MR) is 250 cm³/mol. The molecule has 13 rings (SSSR count). The summed E-state index contributed by atoms with van der Waals surface area (Å²) in [5.41, 5.74) is 13.0. The van der Waals surface area contributed by atoms with Gasteiger partial charge in [-0.2, -0.15) is 0 Å². The smallest absolute Gasteiger partial charge is 0.167 e. The zero-order valence-electron chi connectivity index (χ0n) is 33.5. The van der Waals surface area contributed by atoms with Crippen LogP contribution < -0.4 is 0 Å². The standard InChI is InChI=1S/C56H36N4O/c1-56(2)46-32-49-45(31-44(46)40-28-27-33-15-6-7-18-35(33)51(40)56)38-21-10-12-25-47(38)60(49)48-30-29-42(36-19-8-9-20-37(36)48)54-57-53(34-16-4-3-5-17-34)58-55(59-54)43-24-14-23-41-39-22-11-13-26-50(39)61-52(41)43/h3-32H,1-2H3. The van der Waals surface area contributed by atoms with Gasteiger partial charge in [-0.25, -0.2) is 15.0 Å². The van der Waals surface area contributed by atoms with E-state index in [1.54, 1.807) is 0 Å². The molecule has 5 heteroatoms. The van der Waals surface area contributed by atoms with Crippen LogP contribution >= 0.6 is 0 Å². The molecule has 0 aliphatic heterocycles. The molecule has 61 heavy (non-hydrogen) atoms. The van der Waals surface area contributed by atoms with E-state index in [-0.39, 0.29) is 5.41 Å². The highest BCUT2D eigenvalue weighted by atomic mass is 16.3. The number of hydrogen-bond acceptors (Lipinski definition) is 4. The maximum atomic E-state index is 6.50. The van der Waals surface area contributed by atoms with Gasteiger partial charge < -0.3 is 8.98 Å². The molecule has 0 saturated carbocycles. The van der Waals surface area contributed by atoms with Crippen molar-refractivity contribution in [3.8, 4) is 51.0 Å². The van der Waals surface area contributed by atoms with Crippen LogP contribution in [0.2, 0.25) is 0 Å². The van der Waals surface area contributed by atoms with E-state index in [1.165, 1.54) is 54.8 Å². The fourth-order valence-corrected chi connectivity index (χ4v) is 10.2. The molecule has 1 aliphatic rings. The Hall–Kier alpha value is -7.89. The summed E-state index contributed by atoms with van der Waals surface area (Å²) >= 11 is 0. The molecular formula is C56H36N4O. The molecule has 0 atom stereocenters. The lowest BCUT2D eigenvalue weighted by atomic mass is 9.80. The highest BCUT2D eigenvalue weighted by Crippen LogP contribution is 2.53. The molecular weight excluding hydrogens is 745 g/mol. The summed E-state index contributed by atoms with van der Waals surface area (Å²) in [5.74, 6) is 1.77. The van der Waals surface area contributed by atoms with Crippen LogP contribution in [-0.4, -0.2) is 19.5 Å². The van der Waals surface area contributed by atoms with Crippen LogP contribution in [0.5, 0.6) is 0 Å². The van der Waals surface area contributed by atoms with E-state index >= 15 is 0 Å². The first-order chi connectivity index (χ1) is 30.0. The molecule has 0 unspecified atom stereocenters. The van der Waals surface area contributed by atoms with Crippen molar-refractivity contribution < 1.29 is 4.42 Å². The number of para-hydroxylation sites is 3. The Bertz CT molecular complexity index is 3800. The molecule has 0 amide bonds. The average molecular weight is 781 g/mol. The zero-order valence-corrected chi connectivity index (χ0v) is 33.5. The fourth-order valence-electron chi connectivity index (χ4n) is 10.2. The molecule has 3 heterocycles. The van der Waals surface area contributed by atoms with E-state index in [0.29, 0.717) is 17.5 Å². The summed E-state index contributed by atoms with van der Waals surface area (Å²) < 4.78 is 8.96. The van der Waals surface area contributed by atoms with Gasteiger partial charge in [-0.15, -0.1) is 0 Å². The summed E-state index contributed by atoms with van der Waals surface area (Å²) in [6.45, 7) is 4.77. The van der Waals surface area contributed by atoms with Crippen LogP contribution in [-0.2, 0) is 5.41 Å². The van der Waals surface area contributed by atoms with Crippen molar-refractivity contribution in [2.75, 3.05) is 0 Å². The zero-order chi connectivity index (χ0) is 40.4. The first kappa shape index (κ1) is 34.0. The van der Waals surface area contributed by atoms with Gasteiger partial charge in [0.2, 0.25) is 0 Å². The second-order valence-corrected chi connectivity index (χ2v) is 16.7. The molecule has 3 aromatic heterocycles. The monoisotopic (exact) mass is 780 g/mol. The van der Waals surface area contributed by atoms with Gasteiger partial charge in [0.05, 0.1) is 22.3 Å². The average Bonchev–Trinajstić information content (AvgIpc) is 3.93. The number of hydrogen-bond donors (Lipinski definition) is 0. The van der Waals surface area contributed by atoms with Crippen molar-refractivity contribution in [3.63, 3.8) is 0 Å². The molecule has 0 bridgehead atoms. The maximum absolute atomic E-state index is 6.50. The number of benzene rings is 9. The van der Waals surface area contributed by atoms with Crippen molar-refractivity contribution in [1.29, 1.82) is 0 Å². The molecule has 0 radical (unpaired) electrons. The van der Waals surface area contributed by atoms with Crippen molar-refractivity contribution >= 4 is 65.3 Å². The Balaban J connectivity index is 1.04. The number of rotatable bonds is 4. The predicted octanol–water partition coefficient (Wildman–Crippen LogP) is 14.5. The summed E-state index contributed by atoms with van der Waals surface area (Å²) in [7, 11) is 0. The SMILES string of the molecule is CC1(C)c2cc3c(cc2-c2ccc4ccccc4c21)c1ccccc1n3-c1ccc(-c2nc(-c3ccccc3)nc(-c3cccc4c3oc3ccccc34)n2)c2ccccc12. The number of aromatic nitrogens is 4. The molecule has 1 aliphatic carbocycles. The second kappa shape index (κ2) is 12.6. The molecule has 12 aromatic rings. The summed E-state index contributed by atoms with van der Waals surface area (Å²) in [6.07, 6.45) is 0. The minimum absolute atomic E-state index is 0.188. The quantitative estimate of drug-likeness (QED) is 0.178. The first-order valence-corrected chi connectivity index (χ1v) is 20.9. The van der Waals surface area contributed by atoms with Crippen molar-refractivity contribution in [1.82, 2.24) is 19.5 Å². The first-order valence-electron chi connectivity index (χ1n) is 20.9. The van der Waals surface area contributed by atoms with Crippen molar-refractivity contribution in [2.45, 2.75) is 19.3 Å². The lowest BCUT2D eigenvalue weighted by Crippen LogP contribution is -2.15. The number of nitrogens with zero attached hydrogens (tertiary/aromatic N) is 4. The van der Waals surface area contributed by atoms with E-state index in [4.69, 9.17) is 19.4 Å². The van der Waals surface area contributed by atoms with E-state index in [2.05, 4.69) is 146 Å². The Morgan fingerprint density at radius 3 is 1.93 bits per heavy atom. The van der Waals surface area contributed by atoms with Gasteiger partial charge in [0, 0.05) is 43.5 Å². The third-order valence-corrected chi connectivity index (χ3v) is 13.0. The highest BCUT2D eigenvalue weighted by Gasteiger charge is 2.38. The lowest BCUT2D eigenvalue weighted by molar-refractivity contribution is 0.667. The van der Waals surface area contributed by atoms with E-state index in [0.717, 1.165) is 55.1 Å². The van der Waals surface area contributed by atoms with Gasteiger partial charge in [0.1, 0.15) is 11.2 Å². The Morgan fingerprint density at radius 1 is 0.426 bits per heavy atom. The minimum atomic E-state index is -0.188. The van der Waals surface area contributed by atoms with Crippen LogP contribution in [0, 0.1) is 0 Å². The lowest BCUT2D eigenvalue weighted by Gasteiger charge is -2.23. The second-order valence-electron chi connectivity index (χ2n) is 16.7. The summed E-state index contributed by atoms with van der Waals surface area (Å²) in [6, 6.07) is 64.7. The largest absolute Gasteiger partial charge is 0.455 e. The highest BCUT2D eigenvalue weighted by molar-refractivity contribution is 6.14. The molecule has 0 spiro atoms. The Labute approximate surface area is 351 Å². The van der Waals surface area contributed by atoms with Gasteiger partial charge in [0.15, 0.2) is 17.5 Å². The number of furan rings is 1. The molecule has 0 fully saturated rings. The third kappa shape index (κ3) is 4.86. The van der Waals surface area contributed by atoms with E-state index in [9.17, 15) is 0 Å². The van der Waals surface area contributed by atoms with Crippen LogP contribution in [0.3, 0.4) is 0 Å². The topological polar surface area (TPSA) is 56.7 Å². The molecule has 0 saturated heterocycles. The van der Waals surface area contributed by atoms with Gasteiger partial charge in [0.25, 0.3) is 0 Å². The number of fused-ring (bicyclic) bond motifs is 12. The van der Waals surface area contributed by atoms with Crippen LogP contribution in [0.25, 0.3) is 116 Å². The van der Waals surface area contributed by atoms with Gasteiger partial charge in [-0.05, 0) is 80.9 Å². The van der Waals surface area contributed by atoms with Gasteiger partial charge in [-0.1, -0.05) is 153 Å². The summed E-state index contributed by atoms with van der Waals surface area (Å²) in [4.78, 5) is 15.6. The van der Waals surface area contributed by atoms with Gasteiger partial charge in [-0.3, -0.25) is 0 Å². The fraction of sp³-hybridized carbons (Fsp3) is 0.0536. The molecule has 5 nitrogen and oxygen atoms in total. The van der Waals surface area contributed by atoms with Crippen LogP contribution in [0.4, 0.5) is 0 Å². The van der Waals surface area contributed by atoms with E-state index < -0.39 is 0 Å².